The van der Waals surface area contributed by atoms with Gasteiger partial charge >= 0.3 is 0 Å². The molecule has 1 aromatic heterocycles. The summed E-state index contributed by atoms with van der Waals surface area (Å²) in [6.45, 7) is 1.27. The van der Waals surface area contributed by atoms with Crippen LogP contribution < -0.4 is 5.32 Å². The van der Waals surface area contributed by atoms with Crippen LogP contribution in [0.25, 0.3) is 11.3 Å². The van der Waals surface area contributed by atoms with Crippen LogP contribution in [-0.2, 0) is 4.74 Å². The van der Waals surface area contributed by atoms with Gasteiger partial charge in [-0.15, -0.1) is 0 Å². The van der Waals surface area contributed by atoms with E-state index in [2.05, 4.69) is 15.5 Å². The summed E-state index contributed by atoms with van der Waals surface area (Å²) in [6, 6.07) is 6.37. The molecule has 0 saturated heterocycles. The predicted molar refractivity (Wildman–Crippen MR) is 69.4 cm³/mol. The summed E-state index contributed by atoms with van der Waals surface area (Å²) in [5.41, 5.74) is 1.56. The number of aromatic amines is 1. The molecular weight excluding hydrogens is 257 g/mol. The molecule has 1 heterocycles. The molecule has 0 aliphatic carbocycles. The minimum atomic E-state index is -0.432. The van der Waals surface area contributed by atoms with Gasteiger partial charge in [0.2, 0.25) is 0 Å². The van der Waals surface area contributed by atoms with Gasteiger partial charge in [-0.1, -0.05) is 11.6 Å². The van der Waals surface area contributed by atoms with Crippen molar-refractivity contribution in [1.82, 2.24) is 10.2 Å². The first-order valence-corrected chi connectivity index (χ1v) is 5.82. The van der Waals surface area contributed by atoms with Crippen LogP contribution in [0.1, 0.15) is 0 Å². The molecule has 0 aliphatic rings. The Labute approximate surface area is 109 Å². The summed E-state index contributed by atoms with van der Waals surface area (Å²) in [4.78, 5) is 0. The highest BCUT2D eigenvalue weighted by molar-refractivity contribution is 6.31. The molecule has 0 bridgehead atoms. The zero-order valence-corrected chi connectivity index (χ0v) is 10.6. The summed E-state index contributed by atoms with van der Waals surface area (Å²) >= 11 is 5.73. The second-order valence-electron chi connectivity index (χ2n) is 3.72. The molecule has 0 spiro atoms. The number of nitrogens with one attached hydrogen (secondary N) is 2. The zero-order valence-electron chi connectivity index (χ0n) is 9.84. The van der Waals surface area contributed by atoms with E-state index < -0.39 is 5.82 Å². The third-order valence-electron chi connectivity index (χ3n) is 2.42. The standard InChI is InChI=1S/C12H13ClFN3O/c1-18-5-4-15-12-7-11(16-17-12)8-2-3-10(14)9(13)6-8/h2-3,6-7H,4-5H2,1H3,(H2,15,16,17). The molecule has 0 radical (unpaired) electrons. The lowest BCUT2D eigenvalue weighted by molar-refractivity contribution is 0.210. The Morgan fingerprint density at radius 1 is 1.44 bits per heavy atom. The maximum Gasteiger partial charge on any atom is 0.148 e. The molecule has 1 aromatic carbocycles. The van der Waals surface area contributed by atoms with Crippen molar-refractivity contribution in [2.75, 3.05) is 25.6 Å². The number of benzene rings is 1. The van der Waals surface area contributed by atoms with Gasteiger partial charge in [0.25, 0.3) is 0 Å². The van der Waals surface area contributed by atoms with Crippen LogP contribution in [-0.4, -0.2) is 30.5 Å². The number of aromatic nitrogens is 2. The van der Waals surface area contributed by atoms with E-state index in [4.69, 9.17) is 16.3 Å². The van der Waals surface area contributed by atoms with Crippen molar-refractivity contribution in [3.8, 4) is 11.3 Å². The Balaban J connectivity index is 2.11. The molecule has 6 heteroatoms. The van der Waals surface area contributed by atoms with Crippen LogP contribution in [0.3, 0.4) is 0 Å². The molecule has 18 heavy (non-hydrogen) atoms. The van der Waals surface area contributed by atoms with Crippen LogP contribution >= 0.6 is 11.6 Å². The van der Waals surface area contributed by atoms with Crippen molar-refractivity contribution in [3.63, 3.8) is 0 Å². The number of rotatable bonds is 5. The molecule has 2 rings (SSSR count). The van der Waals surface area contributed by atoms with E-state index in [0.717, 1.165) is 11.3 Å². The number of hydrogen-bond acceptors (Lipinski definition) is 3. The molecule has 2 N–H and O–H groups in total. The molecular formula is C12H13ClFN3O. The Morgan fingerprint density at radius 2 is 2.28 bits per heavy atom. The smallest absolute Gasteiger partial charge is 0.148 e. The third-order valence-corrected chi connectivity index (χ3v) is 2.71. The van der Waals surface area contributed by atoms with Gasteiger partial charge in [0.15, 0.2) is 0 Å². The van der Waals surface area contributed by atoms with Crippen LogP contribution in [0.5, 0.6) is 0 Å². The Hall–Kier alpha value is -1.59. The predicted octanol–water partition coefficient (Wildman–Crippen LogP) is 2.93. The Bertz CT molecular complexity index is 530. The molecule has 2 aromatic rings. The first-order chi connectivity index (χ1) is 8.70. The van der Waals surface area contributed by atoms with Crippen LogP contribution in [0, 0.1) is 5.82 Å². The normalized spacial score (nSPS) is 10.6. The van der Waals surface area contributed by atoms with Crippen molar-refractivity contribution in [3.05, 3.63) is 35.1 Å². The van der Waals surface area contributed by atoms with Crippen molar-refractivity contribution >= 4 is 17.4 Å². The van der Waals surface area contributed by atoms with Crippen molar-refractivity contribution in [1.29, 1.82) is 0 Å². The monoisotopic (exact) mass is 269 g/mol. The van der Waals surface area contributed by atoms with E-state index in [-0.39, 0.29) is 5.02 Å². The van der Waals surface area contributed by atoms with Gasteiger partial charge in [-0.05, 0) is 18.2 Å². The first kappa shape index (κ1) is 12.9. The van der Waals surface area contributed by atoms with Crippen molar-refractivity contribution < 1.29 is 9.13 Å². The van der Waals surface area contributed by atoms with Crippen LogP contribution in [0.15, 0.2) is 24.3 Å². The zero-order chi connectivity index (χ0) is 13.0. The lowest BCUT2D eigenvalue weighted by Gasteiger charge is -2.00. The number of H-pyrrole nitrogens is 1. The Morgan fingerprint density at radius 3 is 3.00 bits per heavy atom. The second-order valence-corrected chi connectivity index (χ2v) is 4.12. The third kappa shape index (κ3) is 3.00. The van der Waals surface area contributed by atoms with Gasteiger partial charge in [0.05, 0.1) is 17.3 Å². The van der Waals surface area contributed by atoms with E-state index in [0.29, 0.717) is 19.0 Å². The van der Waals surface area contributed by atoms with Crippen LogP contribution in [0.4, 0.5) is 10.2 Å². The minimum Gasteiger partial charge on any atom is -0.383 e. The maximum atomic E-state index is 13.0. The van der Waals surface area contributed by atoms with Gasteiger partial charge in [0, 0.05) is 25.3 Å². The van der Waals surface area contributed by atoms with Gasteiger partial charge in [-0.25, -0.2) is 4.39 Å². The fraction of sp³-hybridized carbons (Fsp3) is 0.250. The molecule has 0 amide bonds. The molecule has 0 unspecified atom stereocenters. The Kier molecular flexibility index (Phi) is 4.17. The highest BCUT2D eigenvalue weighted by Gasteiger charge is 2.06. The fourth-order valence-corrected chi connectivity index (χ4v) is 1.69. The first-order valence-electron chi connectivity index (χ1n) is 5.44. The SMILES string of the molecule is COCCNc1cc(-c2ccc(F)c(Cl)c2)[nH]n1. The molecule has 96 valence electrons. The maximum absolute atomic E-state index is 13.0. The number of methoxy groups -OCH3 is 1. The summed E-state index contributed by atoms with van der Waals surface area (Å²) in [5.74, 6) is 0.279. The van der Waals surface area contributed by atoms with Gasteiger partial charge in [-0.2, -0.15) is 5.10 Å². The number of nitrogens with zero attached hydrogens (tertiary/aromatic N) is 1. The number of ether oxygens (including phenoxy) is 1. The minimum absolute atomic E-state index is 0.0935. The van der Waals surface area contributed by atoms with E-state index in [1.807, 2.05) is 6.07 Å². The van der Waals surface area contributed by atoms with Gasteiger partial charge in [0.1, 0.15) is 11.6 Å². The highest BCUT2D eigenvalue weighted by atomic mass is 35.5. The average molecular weight is 270 g/mol. The number of halogens is 2. The lowest BCUT2D eigenvalue weighted by Crippen LogP contribution is -2.07. The highest BCUT2D eigenvalue weighted by Crippen LogP contribution is 2.24. The summed E-state index contributed by atoms with van der Waals surface area (Å²) in [6.07, 6.45) is 0. The molecule has 4 nitrogen and oxygen atoms in total. The van der Waals surface area contributed by atoms with Gasteiger partial charge in [-0.3, -0.25) is 5.10 Å². The summed E-state index contributed by atoms with van der Waals surface area (Å²) < 4.78 is 18.0. The summed E-state index contributed by atoms with van der Waals surface area (Å²) in [7, 11) is 1.64. The molecule has 0 atom stereocenters. The van der Waals surface area contributed by atoms with E-state index in [9.17, 15) is 4.39 Å². The number of anilines is 1. The largest absolute Gasteiger partial charge is 0.383 e. The van der Waals surface area contributed by atoms with E-state index in [1.165, 1.54) is 6.07 Å². The summed E-state index contributed by atoms with van der Waals surface area (Å²) in [5, 5.41) is 10.1. The fourth-order valence-electron chi connectivity index (χ4n) is 1.50. The molecule has 0 aliphatic heterocycles. The van der Waals surface area contributed by atoms with Crippen molar-refractivity contribution in [2.45, 2.75) is 0 Å². The lowest BCUT2D eigenvalue weighted by atomic mass is 10.1. The van der Waals surface area contributed by atoms with E-state index in [1.54, 1.807) is 19.2 Å². The molecule has 0 fully saturated rings. The quantitative estimate of drug-likeness (QED) is 0.821. The van der Waals surface area contributed by atoms with Crippen molar-refractivity contribution in [2.24, 2.45) is 0 Å². The second kappa shape index (κ2) is 5.84. The van der Waals surface area contributed by atoms with Gasteiger partial charge < -0.3 is 10.1 Å². The number of hydrogen-bond donors (Lipinski definition) is 2. The topological polar surface area (TPSA) is 49.9 Å². The van der Waals surface area contributed by atoms with E-state index >= 15 is 0 Å². The molecule has 0 saturated carbocycles. The average Bonchev–Trinajstić information content (AvgIpc) is 2.82. The van der Waals surface area contributed by atoms with Crippen LogP contribution in [0.2, 0.25) is 5.02 Å².